The van der Waals surface area contributed by atoms with Crippen LogP contribution in [0.4, 0.5) is 13.2 Å². The summed E-state index contributed by atoms with van der Waals surface area (Å²) in [5, 5.41) is 11.5. The van der Waals surface area contributed by atoms with Gasteiger partial charge < -0.3 is 14.8 Å². The molecule has 0 saturated carbocycles. The van der Waals surface area contributed by atoms with E-state index in [4.69, 9.17) is 9.52 Å². The van der Waals surface area contributed by atoms with Gasteiger partial charge in [0.15, 0.2) is 5.76 Å². The van der Waals surface area contributed by atoms with Crippen molar-refractivity contribution in [2.24, 2.45) is 5.92 Å². The number of alkyl halides is 3. The molecule has 2 rings (SSSR count). The summed E-state index contributed by atoms with van der Waals surface area (Å²) in [7, 11) is 0. The predicted octanol–water partition coefficient (Wildman–Crippen LogP) is 3.32. The Hall–Kier alpha value is -2.28. The van der Waals surface area contributed by atoms with Gasteiger partial charge in [-0.15, -0.1) is 0 Å². The van der Waals surface area contributed by atoms with Crippen LogP contribution in [0.15, 0.2) is 40.8 Å². The summed E-state index contributed by atoms with van der Waals surface area (Å²) in [5.74, 6) is -0.403. The highest BCUT2D eigenvalue weighted by Crippen LogP contribution is 2.32. The van der Waals surface area contributed by atoms with E-state index in [1.807, 2.05) is 0 Å². The van der Waals surface area contributed by atoms with Gasteiger partial charge in [0.1, 0.15) is 5.76 Å². The summed E-state index contributed by atoms with van der Waals surface area (Å²) in [6.45, 7) is 1.97. The SMILES string of the molecule is CC(CO)CNC(=O)c1ccc(-c2cccc(C(F)(F)F)c2)o1. The molecule has 7 heteroatoms. The van der Waals surface area contributed by atoms with Crippen LogP contribution >= 0.6 is 0 Å². The number of hydrogen-bond donors (Lipinski definition) is 2. The highest BCUT2D eigenvalue weighted by Gasteiger charge is 2.30. The van der Waals surface area contributed by atoms with Crippen LogP contribution in [-0.4, -0.2) is 24.2 Å². The molecule has 0 aliphatic carbocycles. The van der Waals surface area contributed by atoms with Crippen molar-refractivity contribution >= 4 is 5.91 Å². The maximum atomic E-state index is 12.7. The second kappa shape index (κ2) is 6.87. The van der Waals surface area contributed by atoms with E-state index in [0.717, 1.165) is 12.1 Å². The molecule has 1 unspecified atom stereocenters. The lowest BCUT2D eigenvalue weighted by Gasteiger charge is -2.08. The number of aliphatic hydroxyl groups is 1. The smallest absolute Gasteiger partial charge is 0.416 e. The van der Waals surface area contributed by atoms with Gasteiger partial charge in [-0.3, -0.25) is 4.79 Å². The van der Waals surface area contributed by atoms with Gasteiger partial charge in [0, 0.05) is 18.7 Å². The second-order valence-electron chi connectivity index (χ2n) is 5.24. The quantitative estimate of drug-likeness (QED) is 0.885. The van der Waals surface area contributed by atoms with Crippen molar-refractivity contribution in [2.45, 2.75) is 13.1 Å². The van der Waals surface area contributed by atoms with E-state index in [2.05, 4.69) is 5.32 Å². The highest BCUT2D eigenvalue weighted by atomic mass is 19.4. The Morgan fingerprint density at radius 1 is 1.30 bits per heavy atom. The minimum Gasteiger partial charge on any atom is -0.451 e. The summed E-state index contributed by atoms with van der Waals surface area (Å²) < 4.78 is 43.5. The Labute approximate surface area is 130 Å². The lowest BCUT2D eigenvalue weighted by Crippen LogP contribution is -2.29. The van der Waals surface area contributed by atoms with Crippen molar-refractivity contribution in [3.63, 3.8) is 0 Å². The molecule has 1 aromatic carbocycles. The Bertz CT molecular complexity index is 679. The number of nitrogens with one attached hydrogen (secondary N) is 1. The average molecular weight is 327 g/mol. The molecule has 124 valence electrons. The molecular formula is C16H16F3NO3. The van der Waals surface area contributed by atoms with E-state index >= 15 is 0 Å². The molecule has 0 radical (unpaired) electrons. The van der Waals surface area contributed by atoms with Crippen LogP contribution in [0, 0.1) is 5.92 Å². The highest BCUT2D eigenvalue weighted by molar-refractivity contribution is 5.92. The first-order valence-corrected chi connectivity index (χ1v) is 6.97. The van der Waals surface area contributed by atoms with E-state index in [-0.39, 0.29) is 36.2 Å². The van der Waals surface area contributed by atoms with Crippen molar-refractivity contribution in [1.29, 1.82) is 0 Å². The molecule has 2 aromatic rings. The van der Waals surface area contributed by atoms with Crippen molar-refractivity contribution in [2.75, 3.05) is 13.2 Å². The minimum atomic E-state index is -4.44. The Kier molecular flexibility index (Phi) is 5.10. The van der Waals surface area contributed by atoms with Gasteiger partial charge in [0.2, 0.25) is 0 Å². The summed E-state index contributed by atoms with van der Waals surface area (Å²) in [6.07, 6.45) is -4.44. The first kappa shape index (κ1) is 17.1. The standard InChI is InChI=1S/C16H16F3NO3/c1-10(9-21)8-20-15(22)14-6-5-13(23-14)11-3-2-4-12(7-11)16(17,18)19/h2-7,10,21H,8-9H2,1H3,(H,20,22). The number of aliphatic hydroxyl groups excluding tert-OH is 1. The molecule has 23 heavy (non-hydrogen) atoms. The van der Waals surface area contributed by atoms with E-state index in [1.54, 1.807) is 6.92 Å². The number of amides is 1. The van der Waals surface area contributed by atoms with Crippen LogP contribution in [0.1, 0.15) is 23.0 Å². The maximum absolute atomic E-state index is 12.7. The monoisotopic (exact) mass is 327 g/mol. The zero-order valence-electron chi connectivity index (χ0n) is 12.4. The molecule has 0 saturated heterocycles. The molecule has 2 N–H and O–H groups in total. The van der Waals surface area contributed by atoms with Crippen molar-refractivity contribution < 1.29 is 27.5 Å². The number of furan rings is 1. The number of carbonyl (C=O) groups is 1. The number of hydrogen-bond acceptors (Lipinski definition) is 3. The number of carbonyl (C=O) groups excluding carboxylic acids is 1. The van der Waals surface area contributed by atoms with Gasteiger partial charge in [-0.25, -0.2) is 0 Å². The van der Waals surface area contributed by atoms with Crippen LogP contribution in [0.2, 0.25) is 0 Å². The molecule has 1 amide bonds. The third kappa shape index (κ3) is 4.35. The molecular weight excluding hydrogens is 311 g/mol. The van der Waals surface area contributed by atoms with Crippen molar-refractivity contribution in [1.82, 2.24) is 5.32 Å². The van der Waals surface area contributed by atoms with Crippen molar-refractivity contribution in [3.8, 4) is 11.3 Å². The van der Waals surface area contributed by atoms with E-state index in [0.29, 0.717) is 0 Å². The lowest BCUT2D eigenvalue weighted by molar-refractivity contribution is -0.137. The summed E-state index contributed by atoms with van der Waals surface area (Å²) in [5.41, 5.74) is -0.545. The van der Waals surface area contributed by atoms with E-state index in [1.165, 1.54) is 24.3 Å². The Morgan fingerprint density at radius 3 is 2.70 bits per heavy atom. The maximum Gasteiger partial charge on any atom is 0.416 e. The predicted molar refractivity (Wildman–Crippen MR) is 77.7 cm³/mol. The zero-order valence-corrected chi connectivity index (χ0v) is 12.4. The molecule has 1 atom stereocenters. The van der Waals surface area contributed by atoms with Gasteiger partial charge in [-0.05, 0) is 30.2 Å². The molecule has 4 nitrogen and oxygen atoms in total. The van der Waals surface area contributed by atoms with E-state index in [9.17, 15) is 18.0 Å². The molecule has 1 heterocycles. The first-order valence-electron chi connectivity index (χ1n) is 6.97. The molecule has 0 aliphatic rings. The number of halogens is 3. The fourth-order valence-corrected chi connectivity index (χ4v) is 1.88. The van der Waals surface area contributed by atoms with Crippen LogP contribution in [0.5, 0.6) is 0 Å². The zero-order chi connectivity index (χ0) is 17.0. The van der Waals surface area contributed by atoms with Crippen LogP contribution in [-0.2, 0) is 6.18 Å². The third-order valence-electron chi connectivity index (χ3n) is 3.23. The number of rotatable bonds is 5. The first-order chi connectivity index (χ1) is 10.8. The fraction of sp³-hybridized carbons (Fsp3) is 0.312. The normalized spacial score (nSPS) is 12.9. The van der Waals surface area contributed by atoms with Crippen LogP contribution in [0.3, 0.4) is 0 Å². The molecule has 0 spiro atoms. The molecule has 0 bridgehead atoms. The van der Waals surface area contributed by atoms with E-state index < -0.39 is 17.6 Å². The number of benzene rings is 1. The summed E-state index contributed by atoms with van der Waals surface area (Å²) >= 11 is 0. The third-order valence-corrected chi connectivity index (χ3v) is 3.23. The fourth-order valence-electron chi connectivity index (χ4n) is 1.88. The topological polar surface area (TPSA) is 62.5 Å². The van der Waals surface area contributed by atoms with Gasteiger partial charge in [-0.2, -0.15) is 13.2 Å². The summed E-state index contributed by atoms with van der Waals surface area (Å²) in [6, 6.07) is 7.53. The molecule has 0 fully saturated rings. The second-order valence-corrected chi connectivity index (χ2v) is 5.24. The Morgan fingerprint density at radius 2 is 2.04 bits per heavy atom. The molecule has 0 aliphatic heterocycles. The Balaban J connectivity index is 2.15. The largest absolute Gasteiger partial charge is 0.451 e. The van der Waals surface area contributed by atoms with Gasteiger partial charge in [-0.1, -0.05) is 19.1 Å². The molecule has 1 aromatic heterocycles. The van der Waals surface area contributed by atoms with Gasteiger partial charge in [0.05, 0.1) is 5.56 Å². The van der Waals surface area contributed by atoms with Gasteiger partial charge >= 0.3 is 6.18 Å². The van der Waals surface area contributed by atoms with Crippen molar-refractivity contribution in [3.05, 3.63) is 47.7 Å². The minimum absolute atomic E-state index is 0.00236. The average Bonchev–Trinajstić information content (AvgIpc) is 3.01. The summed E-state index contributed by atoms with van der Waals surface area (Å²) in [4.78, 5) is 11.9. The lowest BCUT2D eigenvalue weighted by atomic mass is 10.1. The van der Waals surface area contributed by atoms with Crippen LogP contribution < -0.4 is 5.32 Å². The van der Waals surface area contributed by atoms with Crippen LogP contribution in [0.25, 0.3) is 11.3 Å². The van der Waals surface area contributed by atoms with Gasteiger partial charge in [0.25, 0.3) is 5.91 Å².